The molecule has 0 aromatic heterocycles. The summed E-state index contributed by atoms with van der Waals surface area (Å²) in [7, 11) is 0. The number of hydrogen-bond donors (Lipinski definition) is 1. The Kier molecular flexibility index (Phi) is 6.46. The van der Waals surface area contributed by atoms with Crippen LogP contribution in [-0.4, -0.2) is 18.6 Å². The quantitative estimate of drug-likeness (QED) is 0.580. The summed E-state index contributed by atoms with van der Waals surface area (Å²) in [6, 6.07) is 0. The molecular weight excluding hydrogens is 202 g/mol. The van der Waals surface area contributed by atoms with Crippen LogP contribution < -0.4 is 5.73 Å². The van der Waals surface area contributed by atoms with E-state index in [0.717, 1.165) is 25.7 Å². The Morgan fingerprint density at radius 1 is 1.31 bits per heavy atom. The molecule has 1 unspecified atom stereocenters. The van der Waals surface area contributed by atoms with Gasteiger partial charge in [-0.15, -0.1) is 0 Å². The molecule has 2 N–H and O–H groups in total. The summed E-state index contributed by atoms with van der Waals surface area (Å²) < 4.78 is 5.55. The summed E-state index contributed by atoms with van der Waals surface area (Å²) >= 11 is 0. The zero-order chi connectivity index (χ0) is 11.8. The summed E-state index contributed by atoms with van der Waals surface area (Å²) in [5.74, 6) is -0.0212. The minimum Gasteiger partial charge on any atom is -0.462 e. The van der Waals surface area contributed by atoms with E-state index in [1.807, 2.05) is 6.92 Å². The molecule has 1 fully saturated rings. The fourth-order valence-electron chi connectivity index (χ4n) is 2.18. The van der Waals surface area contributed by atoms with Crippen molar-refractivity contribution in [2.75, 3.05) is 6.54 Å². The Morgan fingerprint density at radius 2 is 1.94 bits per heavy atom. The lowest BCUT2D eigenvalue weighted by Gasteiger charge is -2.18. The molecule has 0 heterocycles. The van der Waals surface area contributed by atoms with Gasteiger partial charge in [0.25, 0.3) is 0 Å². The third-order valence-electron chi connectivity index (χ3n) is 3.33. The van der Waals surface area contributed by atoms with Gasteiger partial charge in [0, 0.05) is 0 Å². The van der Waals surface area contributed by atoms with Gasteiger partial charge in [0.05, 0.1) is 5.92 Å². The Balaban J connectivity index is 2.25. The van der Waals surface area contributed by atoms with Gasteiger partial charge in [-0.05, 0) is 45.1 Å². The molecule has 94 valence electrons. The first-order chi connectivity index (χ1) is 7.74. The predicted molar refractivity (Wildman–Crippen MR) is 65.0 cm³/mol. The molecule has 0 amide bonds. The van der Waals surface area contributed by atoms with Crippen LogP contribution >= 0.6 is 0 Å². The Labute approximate surface area is 98.7 Å². The topological polar surface area (TPSA) is 52.3 Å². The SMILES string of the molecule is CC(CCCN)C(=O)OC1CCCCCC1. The molecule has 0 aromatic carbocycles. The highest BCUT2D eigenvalue weighted by Crippen LogP contribution is 2.21. The monoisotopic (exact) mass is 227 g/mol. The molecule has 0 radical (unpaired) electrons. The van der Waals surface area contributed by atoms with E-state index in [1.165, 1.54) is 25.7 Å². The maximum atomic E-state index is 11.8. The molecule has 1 atom stereocenters. The van der Waals surface area contributed by atoms with Gasteiger partial charge in [0.1, 0.15) is 6.10 Å². The van der Waals surface area contributed by atoms with Crippen molar-refractivity contribution < 1.29 is 9.53 Å². The molecule has 0 saturated heterocycles. The first-order valence-electron chi connectivity index (χ1n) is 6.64. The van der Waals surface area contributed by atoms with E-state index in [9.17, 15) is 4.79 Å². The minimum absolute atomic E-state index is 0.00630. The maximum absolute atomic E-state index is 11.8. The van der Waals surface area contributed by atoms with Gasteiger partial charge in [0.2, 0.25) is 0 Å². The van der Waals surface area contributed by atoms with Crippen LogP contribution in [0.25, 0.3) is 0 Å². The Bertz CT molecular complexity index is 198. The van der Waals surface area contributed by atoms with E-state index in [0.29, 0.717) is 6.54 Å². The van der Waals surface area contributed by atoms with Crippen molar-refractivity contribution in [1.29, 1.82) is 0 Å². The van der Waals surface area contributed by atoms with Crippen LogP contribution in [0.4, 0.5) is 0 Å². The molecule has 1 saturated carbocycles. The molecule has 0 bridgehead atoms. The molecule has 1 rings (SSSR count). The van der Waals surface area contributed by atoms with Gasteiger partial charge in [-0.1, -0.05) is 19.8 Å². The van der Waals surface area contributed by atoms with Crippen LogP contribution in [0.1, 0.15) is 58.3 Å². The number of carbonyl (C=O) groups excluding carboxylic acids is 1. The summed E-state index contributed by atoms with van der Waals surface area (Å²) in [5, 5.41) is 0. The summed E-state index contributed by atoms with van der Waals surface area (Å²) in [6.45, 7) is 2.59. The van der Waals surface area contributed by atoms with Crippen LogP contribution in [0.5, 0.6) is 0 Å². The first kappa shape index (κ1) is 13.5. The minimum atomic E-state index is -0.0275. The Morgan fingerprint density at radius 3 is 2.50 bits per heavy atom. The third-order valence-corrected chi connectivity index (χ3v) is 3.33. The molecule has 1 aliphatic rings. The van der Waals surface area contributed by atoms with E-state index in [-0.39, 0.29) is 18.0 Å². The van der Waals surface area contributed by atoms with Gasteiger partial charge in [0.15, 0.2) is 0 Å². The van der Waals surface area contributed by atoms with E-state index in [1.54, 1.807) is 0 Å². The van der Waals surface area contributed by atoms with Crippen molar-refractivity contribution in [2.45, 2.75) is 64.4 Å². The number of carbonyl (C=O) groups is 1. The average Bonchev–Trinajstić information content (AvgIpc) is 2.54. The zero-order valence-corrected chi connectivity index (χ0v) is 10.4. The second kappa shape index (κ2) is 7.66. The Hall–Kier alpha value is -0.570. The maximum Gasteiger partial charge on any atom is 0.308 e. The molecule has 1 aliphatic carbocycles. The van der Waals surface area contributed by atoms with Crippen LogP contribution in [0.15, 0.2) is 0 Å². The highest BCUT2D eigenvalue weighted by Gasteiger charge is 2.20. The standard InChI is InChI=1S/C13H25NO2/c1-11(7-6-10-14)13(15)16-12-8-4-2-3-5-9-12/h11-12H,2-10,14H2,1H3. The normalized spacial score (nSPS) is 20.1. The molecule has 16 heavy (non-hydrogen) atoms. The van der Waals surface area contributed by atoms with Crippen molar-refractivity contribution >= 4 is 5.97 Å². The van der Waals surface area contributed by atoms with Gasteiger partial charge in [-0.2, -0.15) is 0 Å². The second-order valence-electron chi connectivity index (χ2n) is 4.88. The van der Waals surface area contributed by atoms with Crippen molar-refractivity contribution in [3.05, 3.63) is 0 Å². The number of ether oxygens (including phenoxy) is 1. The van der Waals surface area contributed by atoms with Crippen LogP contribution in [0, 0.1) is 5.92 Å². The van der Waals surface area contributed by atoms with Crippen molar-refractivity contribution in [1.82, 2.24) is 0 Å². The zero-order valence-electron chi connectivity index (χ0n) is 10.4. The van der Waals surface area contributed by atoms with E-state index >= 15 is 0 Å². The summed E-state index contributed by atoms with van der Waals surface area (Å²) in [4.78, 5) is 11.8. The summed E-state index contributed by atoms with van der Waals surface area (Å²) in [6.07, 6.45) is 9.02. The highest BCUT2D eigenvalue weighted by atomic mass is 16.5. The van der Waals surface area contributed by atoms with Crippen molar-refractivity contribution in [3.63, 3.8) is 0 Å². The first-order valence-corrected chi connectivity index (χ1v) is 6.64. The smallest absolute Gasteiger partial charge is 0.308 e. The fourth-order valence-corrected chi connectivity index (χ4v) is 2.18. The van der Waals surface area contributed by atoms with Gasteiger partial charge < -0.3 is 10.5 Å². The van der Waals surface area contributed by atoms with Crippen molar-refractivity contribution in [3.8, 4) is 0 Å². The van der Waals surface area contributed by atoms with Crippen LogP contribution in [0.3, 0.4) is 0 Å². The highest BCUT2D eigenvalue weighted by molar-refractivity contribution is 5.72. The lowest BCUT2D eigenvalue weighted by atomic mass is 10.1. The number of rotatable bonds is 5. The third kappa shape index (κ3) is 4.97. The van der Waals surface area contributed by atoms with E-state index in [2.05, 4.69) is 0 Å². The second-order valence-corrected chi connectivity index (χ2v) is 4.88. The van der Waals surface area contributed by atoms with E-state index in [4.69, 9.17) is 10.5 Å². The van der Waals surface area contributed by atoms with E-state index < -0.39 is 0 Å². The van der Waals surface area contributed by atoms with Gasteiger partial charge in [-0.25, -0.2) is 0 Å². The lowest BCUT2D eigenvalue weighted by Crippen LogP contribution is -2.23. The predicted octanol–water partition coefficient (Wildman–Crippen LogP) is 2.63. The van der Waals surface area contributed by atoms with Crippen LogP contribution in [-0.2, 0) is 9.53 Å². The summed E-state index contributed by atoms with van der Waals surface area (Å²) in [5.41, 5.74) is 5.43. The number of nitrogens with two attached hydrogens (primary N) is 1. The van der Waals surface area contributed by atoms with Gasteiger partial charge >= 0.3 is 5.97 Å². The molecule has 0 aromatic rings. The fraction of sp³-hybridized carbons (Fsp3) is 0.923. The number of esters is 1. The molecular formula is C13H25NO2. The molecule has 3 nitrogen and oxygen atoms in total. The van der Waals surface area contributed by atoms with Crippen molar-refractivity contribution in [2.24, 2.45) is 11.7 Å². The number of hydrogen-bond acceptors (Lipinski definition) is 3. The van der Waals surface area contributed by atoms with Gasteiger partial charge in [-0.3, -0.25) is 4.79 Å². The largest absolute Gasteiger partial charge is 0.462 e. The lowest BCUT2D eigenvalue weighted by molar-refractivity contribution is -0.154. The molecule has 0 aliphatic heterocycles. The molecule has 0 spiro atoms. The average molecular weight is 227 g/mol. The molecule has 3 heteroatoms. The van der Waals surface area contributed by atoms with Crippen LogP contribution in [0.2, 0.25) is 0 Å².